The van der Waals surface area contributed by atoms with Crippen molar-refractivity contribution in [2.45, 2.75) is 40.2 Å². The monoisotopic (exact) mass is 492 g/mol. The van der Waals surface area contributed by atoms with E-state index in [2.05, 4.69) is 24.1 Å². The molecule has 0 spiro atoms. The van der Waals surface area contributed by atoms with E-state index in [4.69, 9.17) is 35.9 Å². The number of carbonyl (C=O) groups excluding carboxylic acids is 2. The summed E-state index contributed by atoms with van der Waals surface area (Å²) in [5.74, 6) is 0.619. The van der Waals surface area contributed by atoms with Crippen molar-refractivity contribution in [3.05, 3.63) is 42.2 Å². The molecule has 0 bridgehead atoms. The summed E-state index contributed by atoms with van der Waals surface area (Å²) in [5.41, 5.74) is 0.175. The summed E-state index contributed by atoms with van der Waals surface area (Å²) < 4.78 is 26.3. The van der Waals surface area contributed by atoms with Gasteiger partial charge < -0.3 is 29.0 Å². The van der Waals surface area contributed by atoms with Gasteiger partial charge >= 0.3 is 11.9 Å². The van der Waals surface area contributed by atoms with Gasteiger partial charge in [-0.3, -0.25) is 9.59 Å². The number of hydrogen-bond donors (Lipinski definition) is 1. The number of esters is 2. The van der Waals surface area contributed by atoms with Gasteiger partial charge in [-0.2, -0.15) is 0 Å². The molecule has 0 aliphatic rings. The molecule has 10 heteroatoms. The predicted octanol–water partition coefficient (Wildman–Crippen LogP) is 3.72. The van der Waals surface area contributed by atoms with Crippen LogP contribution >= 0.6 is 12.2 Å². The van der Waals surface area contributed by atoms with Gasteiger partial charge in [0.2, 0.25) is 5.75 Å². The van der Waals surface area contributed by atoms with Crippen molar-refractivity contribution in [2.75, 3.05) is 27.4 Å². The standard InChI is InChI=1S/C21H24N2O7S.C3H8/c1-13(29-16-7-5-15(26-3)6-8-16)12-28-18(25)11-23-21(31)19-20(30-14(2)24)17(27-4)9-10-22-19;1-3-2/h5-10,13H,11-12H2,1-4H3,(H,23,31);3H2,1-2H3. The SMILES string of the molecule is CCC.COc1ccc(OC(C)COC(=O)CNC(=S)c2nccc(OC)c2OC(C)=O)cc1. The Morgan fingerprint density at radius 3 is 2.24 bits per heavy atom. The second kappa shape index (κ2) is 15.4. The molecule has 2 aromatic rings. The highest BCUT2D eigenvalue weighted by atomic mass is 32.1. The van der Waals surface area contributed by atoms with Crippen LogP contribution < -0.4 is 24.3 Å². The number of thiocarbonyl (C=S) groups is 1. The lowest BCUT2D eigenvalue weighted by Gasteiger charge is -2.16. The van der Waals surface area contributed by atoms with E-state index in [1.54, 1.807) is 38.3 Å². The fourth-order valence-electron chi connectivity index (χ4n) is 2.41. The molecule has 0 saturated carbocycles. The van der Waals surface area contributed by atoms with Gasteiger partial charge in [-0.15, -0.1) is 0 Å². The number of hydrogen-bond acceptors (Lipinski definition) is 9. The molecular weight excluding hydrogens is 460 g/mol. The minimum Gasteiger partial charge on any atom is -0.497 e. The maximum Gasteiger partial charge on any atom is 0.325 e. The molecule has 0 amide bonds. The number of nitrogens with one attached hydrogen (secondary N) is 1. The Morgan fingerprint density at radius 1 is 1.06 bits per heavy atom. The van der Waals surface area contributed by atoms with E-state index in [9.17, 15) is 9.59 Å². The van der Waals surface area contributed by atoms with Crippen LogP contribution in [0.3, 0.4) is 0 Å². The van der Waals surface area contributed by atoms with Crippen molar-refractivity contribution in [1.29, 1.82) is 0 Å². The van der Waals surface area contributed by atoms with Crippen LogP contribution in [0.15, 0.2) is 36.5 Å². The zero-order valence-corrected chi connectivity index (χ0v) is 21.2. The van der Waals surface area contributed by atoms with Crippen LogP contribution in [0, 0.1) is 0 Å². The summed E-state index contributed by atoms with van der Waals surface area (Å²) in [4.78, 5) is 27.6. The van der Waals surface area contributed by atoms with Crippen molar-refractivity contribution >= 4 is 29.1 Å². The van der Waals surface area contributed by atoms with Gasteiger partial charge in [0.1, 0.15) is 41.4 Å². The fourth-order valence-corrected chi connectivity index (χ4v) is 2.63. The number of methoxy groups -OCH3 is 2. The largest absolute Gasteiger partial charge is 0.497 e. The maximum atomic E-state index is 12.1. The molecule has 0 fully saturated rings. The lowest BCUT2D eigenvalue weighted by atomic mass is 10.3. The number of benzene rings is 1. The normalized spacial score (nSPS) is 10.6. The van der Waals surface area contributed by atoms with Crippen LogP contribution in [0.1, 0.15) is 39.8 Å². The number of pyridine rings is 1. The summed E-state index contributed by atoms with van der Waals surface area (Å²) in [6.45, 7) is 7.13. The van der Waals surface area contributed by atoms with Crippen LogP contribution in [-0.2, 0) is 14.3 Å². The Labute approximate surface area is 205 Å². The van der Waals surface area contributed by atoms with E-state index in [1.165, 1.54) is 32.7 Å². The first kappa shape index (κ1) is 28.6. The molecule has 2 rings (SSSR count). The number of nitrogens with zero attached hydrogens (tertiary/aromatic N) is 1. The Bertz CT molecular complexity index is 935. The van der Waals surface area contributed by atoms with Gasteiger partial charge in [0.05, 0.1) is 14.2 Å². The van der Waals surface area contributed by atoms with E-state index in [1.807, 2.05) is 0 Å². The van der Waals surface area contributed by atoms with Crippen molar-refractivity contribution in [1.82, 2.24) is 10.3 Å². The number of rotatable bonds is 10. The summed E-state index contributed by atoms with van der Waals surface area (Å²) in [6.07, 6.45) is 2.34. The average molecular weight is 493 g/mol. The van der Waals surface area contributed by atoms with E-state index in [0.717, 1.165) is 5.75 Å². The molecule has 1 unspecified atom stereocenters. The van der Waals surface area contributed by atoms with E-state index in [0.29, 0.717) is 5.75 Å². The Balaban J connectivity index is 0.00000182. The summed E-state index contributed by atoms with van der Waals surface area (Å²) >= 11 is 5.27. The minimum absolute atomic E-state index is 0.0510. The highest BCUT2D eigenvalue weighted by molar-refractivity contribution is 7.80. The van der Waals surface area contributed by atoms with Gasteiger partial charge in [0, 0.05) is 19.2 Å². The molecule has 0 aliphatic carbocycles. The third-order valence-electron chi connectivity index (χ3n) is 3.82. The molecule has 9 nitrogen and oxygen atoms in total. The van der Waals surface area contributed by atoms with Crippen molar-refractivity contribution in [3.8, 4) is 23.0 Å². The molecule has 186 valence electrons. The zero-order valence-electron chi connectivity index (χ0n) is 20.4. The highest BCUT2D eigenvalue weighted by Gasteiger charge is 2.19. The third-order valence-corrected chi connectivity index (χ3v) is 4.16. The first-order valence-corrected chi connectivity index (χ1v) is 11.1. The molecular formula is C24H32N2O7S. The van der Waals surface area contributed by atoms with E-state index in [-0.39, 0.29) is 41.4 Å². The molecule has 1 aromatic heterocycles. The second-order valence-corrected chi connectivity index (χ2v) is 7.37. The second-order valence-electron chi connectivity index (χ2n) is 6.96. The average Bonchev–Trinajstić information content (AvgIpc) is 2.82. The van der Waals surface area contributed by atoms with Gasteiger partial charge in [-0.1, -0.05) is 32.5 Å². The van der Waals surface area contributed by atoms with Crippen LogP contribution in [0.4, 0.5) is 0 Å². The first-order valence-electron chi connectivity index (χ1n) is 10.7. The molecule has 0 aliphatic heterocycles. The van der Waals surface area contributed by atoms with E-state index >= 15 is 0 Å². The van der Waals surface area contributed by atoms with Gasteiger partial charge in [0.15, 0.2) is 5.75 Å². The van der Waals surface area contributed by atoms with Crippen LogP contribution in [-0.4, -0.2) is 55.4 Å². The number of aromatic nitrogens is 1. The maximum absolute atomic E-state index is 12.1. The molecule has 1 heterocycles. The minimum atomic E-state index is -0.555. The van der Waals surface area contributed by atoms with Crippen molar-refractivity contribution < 1.29 is 33.3 Å². The van der Waals surface area contributed by atoms with Gasteiger partial charge in [-0.05, 0) is 31.2 Å². The van der Waals surface area contributed by atoms with E-state index < -0.39 is 11.9 Å². The van der Waals surface area contributed by atoms with Crippen LogP contribution in [0.5, 0.6) is 23.0 Å². The Morgan fingerprint density at radius 2 is 1.68 bits per heavy atom. The molecule has 0 saturated heterocycles. The van der Waals surface area contributed by atoms with Crippen molar-refractivity contribution in [3.63, 3.8) is 0 Å². The smallest absolute Gasteiger partial charge is 0.325 e. The van der Waals surface area contributed by atoms with Gasteiger partial charge in [0.25, 0.3) is 0 Å². The quantitative estimate of drug-likeness (QED) is 0.390. The number of ether oxygens (including phenoxy) is 5. The zero-order chi connectivity index (χ0) is 25.5. The van der Waals surface area contributed by atoms with Crippen LogP contribution in [0.25, 0.3) is 0 Å². The predicted molar refractivity (Wildman–Crippen MR) is 132 cm³/mol. The Kier molecular flexibility index (Phi) is 13.0. The topological polar surface area (TPSA) is 105 Å². The summed E-state index contributed by atoms with van der Waals surface area (Å²) in [6, 6.07) is 8.60. The fraction of sp³-hybridized carbons (Fsp3) is 0.417. The molecule has 1 aromatic carbocycles. The molecule has 34 heavy (non-hydrogen) atoms. The lowest BCUT2D eigenvalue weighted by Crippen LogP contribution is -2.32. The summed E-state index contributed by atoms with van der Waals surface area (Å²) in [5, 5.41) is 2.74. The molecule has 1 N–H and O–H groups in total. The van der Waals surface area contributed by atoms with Crippen molar-refractivity contribution in [2.24, 2.45) is 0 Å². The first-order chi connectivity index (χ1) is 16.2. The highest BCUT2D eigenvalue weighted by Crippen LogP contribution is 2.29. The van der Waals surface area contributed by atoms with Gasteiger partial charge in [-0.25, -0.2) is 4.98 Å². The third kappa shape index (κ3) is 10.0. The molecule has 0 radical (unpaired) electrons. The van der Waals surface area contributed by atoms with Crippen LogP contribution in [0.2, 0.25) is 0 Å². The number of carbonyl (C=O) groups is 2. The summed E-state index contributed by atoms with van der Waals surface area (Å²) in [7, 11) is 3.01. The molecule has 1 atom stereocenters. The Hall–Kier alpha value is -3.40. The lowest BCUT2D eigenvalue weighted by molar-refractivity contribution is -0.144.